The number of hydrogen-bond donors (Lipinski definition) is 0. The van der Waals surface area contributed by atoms with Crippen molar-refractivity contribution < 1.29 is 17.1 Å². The summed E-state index contributed by atoms with van der Waals surface area (Å²) in [6.45, 7) is 4.50. The molecule has 0 atom stereocenters. The first-order chi connectivity index (χ1) is 10.9. The van der Waals surface area contributed by atoms with Gasteiger partial charge in [0.25, 0.3) is 0 Å². The fourth-order valence-corrected chi connectivity index (χ4v) is 2.67. The summed E-state index contributed by atoms with van der Waals surface area (Å²) >= 11 is 0. The summed E-state index contributed by atoms with van der Waals surface area (Å²) < 4.78 is 0. The van der Waals surface area contributed by atoms with Crippen LogP contribution >= 0.6 is 0 Å². The average molecular weight is 354 g/mol. The second kappa shape index (κ2) is 16.1. The fraction of sp³-hybridized carbons (Fsp3) is 0.545. The molecule has 0 nitrogen and oxygen atoms in total. The minimum Gasteiger partial charge on any atom is -0.213 e. The summed E-state index contributed by atoms with van der Waals surface area (Å²) in [6.07, 6.45) is 13.5. The van der Waals surface area contributed by atoms with Crippen molar-refractivity contribution in [2.45, 2.75) is 78.1 Å². The van der Waals surface area contributed by atoms with E-state index in [1.54, 1.807) is 0 Å². The zero-order chi connectivity index (χ0) is 15.9. The van der Waals surface area contributed by atoms with Crippen LogP contribution in [-0.2, 0) is 29.9 Å². The van der Waals surface area contributed by atoms with Gasteiger partial charge in [-0.25, -0.2) is 24.3 Å². The van der Waals surface area contributed by atoms with Gasteiger partial charge in [-0.3, -0.25) is 0 Å². The fourth-order valence-electron chi connectivity index (χ4n) is 2.67. The smallest absolute Gasteiger partial charge is 0.213 e. The molecule has 0 fully saturated rings. The maximum absolute atomic E-state index is 2.25. The molecule has 1 heteroatoms. The molecule has 0 aliphatic carbocycles. The van der Waals surface area contributed by atoms with Gasteiger partial charge in [-0.15, -0.1) is 0 Å². The van der Waals surface area contributed by atoms with Crippen molar-refractivity contribution in [2.24, 2.45) is 0 Å². The summed E-state index contributed by atoms with van der Waals surface area (Å²) in [4.78, 5) is 0. The van der Waals surface area contributed by atoms with Crippen LogP contribution in [0.3, 0.4) is 0 Å². The van der Waals surface area contributed by atoms with Crippen molar-refractivity contribution in [3.63, 3.8) is 0 Å². The number of hydrogen-bond acceptors (Lipinski definition) is 0. The van der Waals surface area contributed by atoms with Gasteiger partial charge in [0.2, 0.25) is 0 Å². The van der Waals surface area contributed by atoms with Gasteiger partial charge in [0.1, 0.15) is 0 Å². The van der Waals surface area contributed by atoms with Gasteiger partial charge in [0.15, 0.2) is 0 Å². The second-order valence-electron chi connectivity index (χ2n) is 6.21. The molecular formula is C22H34Fe. The second-order valence-corrected chi connectivity index (χ2v) is 6.21. The molecule has 0 unspecified atom stereocenters. The Labute approximate surface area is 154 Å². The first-order valence-electron chi connectivity index (χ1n) is 9.28. The van der Waals surface area contributed by atoms with Crippen LogP contribution in [-0.4, -0.2) is 0 Å². The molecule has 0 heterocycles. The minimum absolute atomic E-state index is 0. The van der Waals surface area contributed by atoms with Crippen molar-refractivity contribution in [3.8, 4) is 0 Å². The largest absolute Gasteiger partial charge is 2.00 e. The van der Waals surface area contributed by atoms with E-state index < -0.39 is 0 Å². The minimum atomic E-state index is 0. The molecule has 0 N–H and O–H groups in total. The molecular weight excluding hydrogens is 320 g/mol. The molecule has 0 aliphatic rings. The van der Waals surface area contributed by atoms with Crippen LogP contribution in [0.4, 0.5) is 0 Å². The predicted molar refractivity (Wildman–Crippen MR) is 99.8 cm³/mol. The van der Waals surface area contributed by atoms with Crippen molar-refractivity contribution in [1.82, 2.24) is 0 Å². The first kappa shape index (κ1) is 22.2. The molecule has 0 aromatic heterocycles. The summed E-state index contributed by atoms with van der Waals surface area (Å²) in [6, 6.07) is 17.3. The molecule has 23 heavy (non-hydrogen) atoms. The molecule has 0 saturated carbocycles. The monoisotopic (exact) mass is 354 g/mol. The average Bonchev–Trinajstić information content (AvgIpc) is 3.22. The van der Waals surface area contributed by atoms with Gasteiger partial charge >= 0.3 is 17.1 Å². The van der Waals surface area contributed by atoms with Crippen LogP contribution in [0.15, 0.2) is 48.5 Å². The SMILES string of the molecule is CCCCCC[c-]1cccc1.CCCCCC[c-]1cccc1.[Fe+2]. The normalized spacial score (nSPS) is 9.83. The predicted octanol–water partition coefficient (Wildman–Crippen LogP) is 7.05. The van der Waals surface area contributed by atoms with Crippen LogP contribution in [0.25, 0.3) is 0 Å². The van der Waals surface area contributed by atoms with Crippen LogP contribution in [0, 0.1) is 0 Å². The van der Waals surface area contributed by atoms with Gasteiger partial charge in [-0.1, -0.05) is 78.1 Å². The Morgan fingerprint density at radius 1 is 0.522 bits per heavy atom. The molecule has 130 valence electrons. The Morgan fingerprint density at radius 3 is 1.17 bits per heavy atom. The van der Waals surface area contributed by atoms with Crippen molar-refractivity contribution in [3.05, 3.63) is 59.7 Å². The van der Waals surface area contributed by atoms with E-state index in [4.69, 9.17) is 0 Å². The van der Waals surface area contributed by atoms with Gasteiger partial charge in [0, 0.05) is 0 Å². The van der Waals surface area contributed by atoms with Gasteiger partial charge in [-0.05, 0) is 0 Å². The van der Waals surface area contributed by atoms with E-state index in [-0.39, 0.29) is 17.1 Å². The Balaban J connectivity index is 0.000000403. The Kier molecular flexibility index (Phi) is 15.5. The van der Waals surface area contributed by atoms with E-state index in [1.165, 1.54) is 75.3 Å². The van der Waals surface area contributed by atoms with Crippen molar-refractivity contribution in [2.75, 3.05) is 0 Å². The van der Waals surface area contributed by atoms with Crippen LogP contribution in [0.5, 0.6) is 0 Å². The molecule has 0 saturated heterocycles. The van der Waals surface area contributed by atoms with E-state index in [0.717, 1.165) is 0 Å². The first-order valence-corrected chi connectivity index (χ1v) is 9.28. The van der Waals surface area contributed by atoms with Crippen LogP contribution < -0.4 is 0 Å². The topological polar surface area (TPSA) is 0 Å². The maximum Gasteiger partial charge on any atom is 2.00 e. The van der Waals surface area contributed by atoms with E-state index in [9.17, 15) is 0 Å². The molecule has 0 radical (unpaired) electrons. The summed E-state index contributed by atoms with van der Waals surface area (Å²) in [7, 11) is 0. The van der Waals surface area contributed by atoms with Crippen LogP contribution in [0.2, 0.25) is 0 Å². The van der Waals surface area contributed by atoms with Crippen LogP contribution in [0.1, 0.15) is 76.3 Å². The molecule has 0 amide bonds. The van der Waals surface area contributed by atoms with E-state index in [0.29, 0.717) is 0 Å². The summed E-state index contributed by atoms with van der Waals surface area (Å²) in [5.74, 6) is 0. The molecule has 2 rings (SSSR count). The standard InChI is InChI=1S/2C11H17.Fe/c2*1-2-3-4-5-8-11-9-6-7-10-11;/h2*6-7,9-10H,2-5,8H2,1H3;/q2*-1;+2. The Hall–Kier alpha value is -0.781. The van der Waals surface area contributed by atoms with Gasteiger partial charge in [0.05, 0.1) is 0 Å². The molecule has 2 aromatic carbocycles. The molecule has 0 spiro atoms. The number of unbranched alkanes of at least 4 members (excludes halogenated alkanes) is 6. The maximum atomic E-state index is 2.25. The van der Waals surface area contributed by atoms with Gasteiger partial charge < -0.3 is 0 Å². The zero-order valence-electron chi connectivity index (χ0n) is 15.0. The third-order valence-electron chi connectivity index (χ3n) is 4.10. The molecule has 0 aliphatic heterocycles. The summed E-state index contributed by atoms with van der Waals surface area (Å²) in [5.41, 5.74) is 3.00. The quantitative estimate of drug-likeness (QED) is 0.243. The van der Waals surface area contributed by atoms with Crippen molar-refractivity contribution >= 4 is 0 Å². The van der Waals surface area contributed by atoms with E-state index in [2.05, 4.69) is 62.4 Å². The Bertz CT molecular complexity index is 369. The number of rotatable bonds is 10. The van der Waals surface area contributed by atoms with E-state index in [1.807, 2.05) is 0 Å². The third-order valence-corrected chi connectivity index (χ3v) is 4.10. The Morgan fingerprint density at radius 2 is 0.870 bits per heavy atom. The number of aryl methyl sites for hydroxylation is 2. The van der Waals surface area contributed by atoms with E-state index >= 15 is 0 Å². The summed E-state index contributed by atoms with van der Waals surface area (Å²) in [5, 5.41) is 0. The van der Waals surface area contributed by atoms with Gasteiger partial charge in [-0.2, -0.15) is 35.4 Å². The van der Waals surface area contributed by atoms with Crippen molar-refractivity contribution in [1.29, 1.82) is 0 Å². The third kappa shape index (κ3) is 12.3. The molecule has 2 aromatic rings. The zero-order valence-corrected chi connectivity index (χ0v) is 16.1. The molecule has 0 bridgehead atoms.